The second-order valence-corrected chi connectivity index (χ2v) is 4.36. The van der Waals surface area contributed by atoms with Crippen molar-refractivity contribution in [1.29, 1.82) is 0 Å². The molecule has 0 bridgehead atoms. The van der Waals surface area contributed by atoms with E-state index < -0.39 is 0 Å². The van der Waals surface area contributed by atoms with Crippen LogP contribution in [0.15, 0.2) is 0 Å². The van der Waals surface area contributed by atoms with Crippen LogP contribution in [0, 0.1) is 0 Å². The summed E-state index contributed by atoms with van der Waals surface area (Å²) in [7, 11) is 0. The lowest BCUT2D eigenvalue weighted by Gasteiger charge is -2.28. The van der Waals surface area contributed by atoms with E-state index in [0.29, 0.717) is 0 Å². The van der Waals surface area contributed by atoms with Crippen molar-refractivity contribution in [2.24, 2.45) is 0 Å². The topological polar surface area (TPSA) is 41.5 Å². The molecule has 0 fully saturated rings. The average molecular weight is 217 g/mol. The molecule has 0 aliphatic rings. The predicted molar refractivity (Wildman–Crippen MR) is 64.1 cm³/mol. The van der Waals surface area contributed by atoms with E-state index >= 15 is 0 Å². The SMILES string of the molecule is CCCNC(C)(CO)CCCOCCC. The van der Waals surface area contributed by atoms with E-state index in [2.05, 4.69) is 26.1 Å². The molecule has 0 aromatic rings. The van der Waals surface area contributed by atoms with Crippen molar-refractivity contribution in [1.82, 2.24) is 5.32 Å². The molecular formula is C12H27NO2. The number of ether oxygens (including phenoxy) is 1. The maximum atomic E-state index is 9.31. The standard InChI is InChI=1S/C12H27NO2/c1-4-8-13-12(3,11-14)7-6-10-15-9-5-2/h13-14H,4-11H2,1-3H3. The van der Waals surface area contributed by atoms with Gasteiger partial charge in [0, 0.05) is 18.8 Å². The van der Waals surface area contributed by atoms with Gasteiger partial charge in [0.15, 0.2) is 0 Å². The van der Waals surface area contributed by atoms with Gasteiger partial charge >= 0.3 is 0 Å². The van der Waals surface area contributed by atoms with Crippen molar-refractivity contribution >= 4 is 0 Å². The van der Waals surface area contributed by atoms with Crippen LogP contribution in [-0.2, 0) is 4.74 Å². The largest absolute Gasteiger partial charge is 0.394 e. The zero-order valence-corrected chi connectivity index (χ0v) is 10.5. The Morgan fingerprint density at radius 2 is 1.93 bits per heavy atom. The van der Waals surface area contributed by atoms with E-state index in [-0.39, 0.29) is 12.1 Å². The highest BCUT2D eigenvalue weighted by atomic mass is 16.5. The van der Waals surface area contributed by atoms with E-state index in [1.807, 2.05) is 0 Å². The van der Waals surface area contributed by atoms with Crippen LogP contribution in [0.25, 0.3) is 0 Å². The minimum atomic E-state index is -0.133. The molecule has 3 nitrogen and oxygen atoms in total. The van der Waals surface area contributed by atoms with Gasteiger partial charge in [0.1, 0.15) is 0 Å². The third kappa shape index (κ3) is 7.77. The van der Waals surface area contributed by atoms with Crippen molar-refractivity contribution < 1.29 is 9.84 Å². The Hall–Kier alpha value is -0.120. The fourth-order valence-corrected chi connectivity index (χ4v) is 1.46. The Labute approximate surface area is 94.2 Å². The molecule has 0 heterocycles. The molecule has 0 aliphatic heterocycles. The average Bonchev–Trinajstić information content (AvgIpc) is 2.26. The molecule has 0 aromatic carbocycles. The summed E-state index contributed by atoms with van der Waals surface area (Å²) in [5, 5.41) is 12.7. The van der Waals surface area contributed by atoms with E-state index in [0.717, 1.165) is 45.4 Å². The first kappa shape index (κ1) is 14.9. The van der Waals surface area contributed by atoms with Gasteiger partial charge in [-0.1, -0.05) is 13.8 Å². The summed E-state index contributed by atoms with van der Waals surface area (Å²) in [6, 6.07) is 0. The van der Waals surface area contributed by atoms with Crippen LogP contribution in [0.4, 0.5) is 0 Å². The summed E-state index contributed by atoms with van der Waals surface area (Å²) in [5.41, 5.74) is -0.133. The van der Waals surface area contributed by atoms with Crippen LogP contribution in [0.2, 0.25) is 0 Å². The molecule has 0 spiro atoms. The van der Waals surface area contributed by atoms with Gasteiger partial charge in [0.25, 0.3) is 0 Å². The molecular weight excluding hydrogens is 190 g/mol. The second kappa shape index (κ2) is 9.13. The van der Waals surface area contributed by atoms with Crippen molar-refractivity contribution in [2.75, 3.05) is 26.4 Å². The van der Waals surface area contributed by atoms with E-state index in [1.54, 1.807) is 0 Å². The molecule has 0 saturated carbocycles. The number of hydrogen-bond acceptors (Lipinski definition) is 3. The van der Waals surface area contributed by atoms with Gasteiger partial charge in [-0.05, 0) is 39.2 Å². The van der Waals surface area contributed by atoms with Gasteiger partial charge in [0.05, 0.1) is 6.61 Å². The molecule has 3 heteroatoms. The third-order valence-corrected chi connectivity index (χ3v) is 2.52. The predicted octanol–water partition coefficient (Wildman–Crippen LogP) is 1.94. The lowest BCUT2D eigenvalue weighted by Crippen LogP contribution is -2.46. The van der Waals surface area contributed by atoms with Gasteiger partial charge in [-0.25, -0.2) is 0 Å². The molecule has 0 aromatic heterocycles. The summed E-state index contributed by atoms with van der Waals surface area (Å²) in [6.45, 7) is 9.13. The quantitative estimate of drug-likeness (QED) is 0.550. The van der Waals surface area contributed by atoms with E-state index in [9.17, 15) is 5.11 Å². The maximum absolute atomic E-state index is 9.31. The van der Waals surface area contributed by atoms with Crippen LogP contribution in [0.3, 0.4) is 0 Å². The lowest BCUT2D eigenvalue weighted by atomic mass is 9.97. The zero-order valence-electron chi connectivity index (χ0n) is 10.5. The molecule has 15 heavy (non-hydrogen) atoms. The fraction of sp³-hybridized carbons (Fsp3) is 1.00. The third-order valence-electron chi connectivity index (χ3n) is 2.52. The molecule has 0 radical (unpaired) electrons. The molecule has 0 aliphatic carbocycles. The number of nitrogens with one attached hydrogen (secondary N) is 1. The molecule has 0 saturated heterocycles. The van der Waals surface area contributed by atoms with Crippen LogP contribution in [-0.4, -0.2) is 37.0 Å². The number of rotatable bonds is 10. The van der Waals surface area contributed by atoms with E-state index in [4.69, 9.17) is 4.74 Å². The highest BCUT2D eigenvalue weighted by molar-refractivity contribution is 4.81. The first-order valence-corrected chi connectivity index (χ1v) is 6.12. The van der Waals surface area contributed by atoms with Crippen molar-refractivity contribution in [2.45, 2.75) is 52.0 Å². The molecule has 92 valence electrons. The van der Waals surface area contributed by atoms with Crippen LogP contribution in [0.1, 0.15) is 46.5 Å². The van der Waals surface area contributed by atoms with E-state index in [1.165, 1.54) is 0 Å². The maximum Gasteiger partial charge on any atom is 0.0610 e. The van der Waals surface area contributed by atoms with Crippen molar-refractivity contribution in [3.63, 3.8) is 0 Å². The minimum absolute atomic E-state index is 0.133. The summed E-state index contributed by atoms with van der Waals surface area (Å²) >= 11 is 0. The van der Waals surface area contributed by atoms with Crippen molar-refractivity contribution in [3.8, 4) is 0 Å². The summed E-state index contributed by atoms with van der Waals surface area (Å²) in [4.78, 5) is 0. The summed E-state index contributed by atoms with van der Waals surface area (Å²) in [5.74, 6) is 0. The second-order valence-electron chi connectivity index (χ2n) is 4.36. The minimum Gasteiger partial charge on any atom is -0.394 e. The highest BCUT2D eigenvalue weighted by Gasteiger charge is 2.21. The molecule has 0 amide bonds. The van der Waals surface area contributed by atoms with Gasteiger partial charge in [-0.3, -0.25) is 0 Å². The monoisotopic (exact) mass is 217 g/mol. The highest BCUT2D eigenvalue weighted by Crippen LogP contribution is 2.11. The molecule has 2 N–H and O–H groups in total. The van der Waals surface area contributed by atoms with Gasteiger partial charge in [-0.2, -0.15) is 0 Å². The number of aliphatic hydroxyl groups is 1. The number of aliphatic hydroxyl groups excluding tert-OH is 1. The Kier molecular flexibility index (Phi) is 9.06. The first-order valence-electron chi connectivity index (χ1n) is 6.12. The lowest BCUT2D eigenvalue weighted by molar-refractivity contribution is 0.110. The smallest absolute Gasteiger partial charge is 0.0610 e. The Bertz CT molecular complexity index is 142. The van der Waals surface area contributed by atoms with Crippen LogP contribution in [0.5, 0.6) is 0 Å². The zero-order chi connectivity index (χ0) is 11.6. The normalized spacial score (nSPS) is 15.2. The van der Waals surface area contributed by atoms with Gasteiger partial charge in [-0.15, -0.1) is 0 Å². The van der Waals surface area contributed by atoms with Crippen LogP contribution < -0.4 is 5.32 Å². The molecule has 1 atom stereocenters. The first-order chi connectivity index (χ1) is 7.18. The van der Waals surface area contributed by atoms with Crippen molar-refractivity contribution in [3.05, 3.63) is 0 Å². The summed E-state index contributed by atoms with van der Waals surface area (Å²) in [6.07, 6.45) is 4.15. The summed E-state index contributed by atoms with van der Waals surface area (Å²) < 4.78 is 5.42. The Morgan fingerprint density at radius 1 is 1.20 bits per heavy atom. The van der Waals surface area contributed by atoms with Gasteiger partial charge in [0.2, 0.25) is 0 Å². The molecule has 0 rings (SSSR count). The number of hydrogen-bond donors (Lipinski definition) is 2. The Balaban J connectivity index is 3.58. The van der Waals surface area contributed by atoms with Gasteiger partial charge < -0.3 is 15.2 Å². The fourth-order valence-electron chi connectivity index (χ4n) is 1.46. The molecule has 1 unspecified atom stereocenters. The van der Waals surface area contributed by atoms with Crippen LogP contribution >= 0.6 is 0 Å². The Morgan fingerprint density at radius 3 is 2.47 bits per heavy atom.